The Morgan fingerprint density at radius 3 is 2.48 bits per heavy atom. The first kappa shape index (κ1) is 22.5. The number of rotatable bonds is 4. The number of nitrogens with one attached hydrogen (secondary N) is 1. The van der Waals surface area contributed by atoms with Crippen molar-refractivity contribution < 1.29 is 23.9 Å². The summed E-state index contributed by atoms with van der Waals surface area (Å²) in [5.74, 6) is -0.783. The van der Waals surface area contributed by atoms with Gasteiger partial charge in [-0.15, -0.1) is 0 Å². The first-order valence-electron chi connectivity index (χ1n) is 10.2. The highest BCUT2D eigenvalue weighted by atomic mass is 16.6. The van der Waals surface area contributed by atoms with Crippen molar-refractivity contribution in [1.82, 2.24) is 14.9 Å². The number of likely N-dealkylation sites (tertiary alicyclic amines) is 1. The number of ketones is 1. The number of esters is 1. The number of ether oxygens (including phenoxy) is 2. The summed E-state index contributed by atoms with van der Waals surface area (Å²) in [5, 5.41) is 0.287. The number of H-pyrrole nitrogens is 1. The summed E-state index contributed by atoms with van der Waals surface area (Å²) >= 11 is 0. The zero-order valence-corrected chi connectivity index (χ0v) is 18.2. The number of benzene rings is 1. The molecule has 2 heterocycles. The van der Waals surface area contributed by atoms with Crippen molar-refractivity contribution >= 4 is 28.7 Å². The molecule has 1 saturated heterocycles. The second kappa shape index (κ2) is 8.87. The molecule has 1 aliphatic heterocycles. The largest absolute Gasteiger partial charge is 0.465 e. The van der Waals surface area contributed by atoms with Crippen LogP contribution >= 0.6 is 0 Å². The standard InChI is InChI=1S/C22H27N3O6/c1-22(2,3)31-21(29)25-9-7-13(8-10-25)11-17(26)18-23-16-12-14(20(28)30-4)5-6-15(16)19(27)24-18/h5-6,12-13H,7-11H2,1-4H3,(H,23,24,27). The number of carbonyl (C=O) groups is 3. The van der Waals surface area contributed by atoms with Gasteiger partial charge in [0.25, 0.3) is 5.56 Å². The summed E-state index contributed by atoms with van der Waals surface area (Å²) in [6.07, 6.45) is 1.19. The zero-order valence-electron chi connectivity index (χ0n) is 18.2. The number of hydrogen-bond acceptors (Lipinski definition) is 7. The van der Waals surface area contributed by atoms with E-state index in [0.717, 1.165) is 0 Å². The van der Waals surface area contributed by atoms with Gasteiger partial charge in [0, 0.05) is 19.5 Å². The van der Waals surface area contributed by atoms with Gasteiger partial charge in [-0.05, 0) is 57.7 Å². The Labute approximate surface area is 179 Å². The van der Waals surface area contributed by atoms with Gasteiger partial charge in [0.2, 0.25) is 0 Å². The molecular formula is C22H27N3O6. The molecule has 0 saturated carbocycles. The average molecular weight is 429 g/mol. The molecule has 1 aliphatic rings. The molecule has 0 radical (unpaired) electrons. The molecule has 1 amide bonds. The lowest BCUT2D eigenvalue weighted by Gasteiger charge is -2.33. The molecule has 1 fully saturated rings. The Bertz CT molecular complexity index is 1060. The van der Waals surface area contributed by atoms with Gasteiger partial charge in [-0.3, -0.25) is 9.59 Å². The van der Waals surface area contributed by atoms with Crippen LogP contribution in [-0.2, 0) is 9.47 Å². The maximum absolute atomic E-state index is 12.8. The van der Waals surface area contributed by atoms with E-state index in [-0.39, 0.29) is 46.5 Å². The number of aromatic amines is 1. The molecule has 0 unspecified atom stereocenters. The summed E-state index contributed by atoms with van der Waals surface area (Å²) in [5.41, 5.74) is -0.481. The Hall–Kier alpha value is -3.23. The third-order valence-corrected chi connectivity index (χ3v) is 5.13. The third-order valence-electron chi connectivity index (χ3n) is 5.13. The Morgan fingerprint density at radius 1 is 1.19 bits per heavy atom. The van der Waals surface area contributed by atoms with Gasteiger partial charge < -0.3 is 19.4 Å². The second-order valence-electron chi connectivity index (χ2n) is 8.68. The minimum atomic E-state index is -0.550. The molecule has 0 aliphatic carbocycles. The lowest BCUT2D eigenvalue weighted by atomic mass is 9.91. The second-order valence-corrected chi connectivity index (χ2v) is 8.68. The number of aromatic nitrogens is 2. The summed E-state index contributed by atoms with van der Waals surface area (Å²) in [4.78, 5) is 57.5. The van der Waals surface area contributed by atoms with Crippen LogP contribution in [0.25, 0.3) is 10.9 Å². The molecule has 166 valence electrons. The molecule has 0 spiro atoms. The van der Waals surface area contributed by atoms with Crippen LogP contribution < -0.4 is 5.56 Å². The van der Waals surface area contributed by atoms with Crippen molar-refractivity contribution in [3.8, 4) is 0 Å². The molecular weight excluding hydrogens is 402 g/mol. The fourth-order valence-corrected chi connectivity index (χ4v) is 3.52. The molecule has 0 bridgehead atoms. The summed E-state index contributed by atoms with van der Waals surface area (Å²) < 4.78 is 10.1. The van der Waals surface area contributed by atoms with E-state index in [9.17, 15) is 19.2 Å². The summed E-state index contributed by atoms with van der Waals surface area (Å²) in [7, 11) is 1.26. The molecule has 0 atom stereocenters. The van der Waals surface area contributed by atoms with E-state index in [2.05, 4.69) is 14.7 Å². The molecule has 2 aromatic rings. The van der Waals surface area contributed by atoms with E-state index in [1.807, 2.05) is 20.8 Å². The van der Waals surface area contributed by atoms with E-state index in [1.54, 1.807) is 4.90 Å². The topological polar surface area (TPSA) is 119 Å². The number of methoxy groups -OCH3 is 1. The predicted molar refractivity (Wildman–Crippen MR) is 113 cm³/mol. The molecule has 3 rings (SSSR count). The van der Waals surface area contributed by atoms with E-state index < -0.39 is 17.1 Å². The van der Waals surface area contributed by atoms with E-state index >= 15 is 0 Å². The van der Waals surface area contributed by atoms with Crippen molar-refractivity contribution in [2.45, 2.75) is 45.6 Å². The Balaban J connectivity index is 1.67. The van der Waals surface area contributed by atoms with Crippen molar-refractivity contribution in [3.05, 3.63) is 39.9 Å². The molecule has 31 heavy (non-hydrogen) atoms. The molecule has 9 nitrogen and oxygen atoms in total. The SMILES string of the molecule is COC(=O)c1ccc2c(=O)[nH]c(C(=O)CC3CCN(C(=O)OC(C)(C)C)CC3)nc2c1. The Kier molecular flexibility index (Phi) is 6.42. The number of hydrogen-bond donors (Lipinski definition) is 1. The van der Waals surface area contributed by atoms with Crippen molar-refractivity contribution in [1.29, 1.82) is 0 Å². The summed E-state index contributed by atoms with van der Waals surface area (Å²) in [6, 6.07) is 4.39. The highest BCUT2D eigenvalue weighted by molar-refractivity contribution is 5.97. The van der Waals surface area contributed by atoms with Crippen LogP contribution in [0.15, 0.2) is 23.0 Å². The minimum absolute atomic E-state index is 0.0333. The van der Waals surface area contributed by atoms with E-state index in [4.69, 9.17) is 4.74 Å². The van der Waals surface area contributed by atoms with Crippen molar-refractivity contribution in [3.63, 3.8) is 0 Å². The maximum Gasteiger partial charge on any atom is 0.410 e. The number of carbonyl (C=O) groups excluding carboxylic acids is 3. The van der Waals surface area contributed by atoms with Crippen molar-refractivity contribution in [2.24, 2.45) is 5.92 Å². The first-order valence-corrected chi connectivity index (χ1v) is 10.2. The molecule has 1 N–H and O–H groups in total. The summed E-state index contributed by atoms with van der Waals surface area (Å²) in [6.45, 7) is 6.49. The maximum atomic E-state index is 12.8. The quantitative estimate of drug-likeness (QED) is 0.586. The van der Waals surface area contributed by atoms with Gasteiger partial charge in [0.1, 0.15) is 5.60 Å². The van der Waals surface area contributed by atoms with Crippen LogP contribution in [0.2, 0.25) is 0 Å². The Morgan fingerprint density at radius 2 is 1.87 bits per heavy atom. The molecule has 1 aromatic heterocycles. The lowest BCUT2D eigenvalue weighted by molar-refractivity contribution is 0.0182. The van der Waals surface area contributed by atoms with Crippen LogP contribution in [0.3, 0.4) is 0 Å². The van der Waals surface area contributed by atoms with Crippen LogP contribution in [-0.4, -0.2) is 58.5 Å². The number of amides is 1. The van der Waals surface area contributed by atoms with E-state index in [1.165, 1.54) is 25.3 Å². The zero-order chi connectivity index (χ0) is 22.8. The fourth-order valence-electron chi connectivity index (χ4n) is 3.52. The number of Topliss-reactive ketones (excluding diaryl/α,β-unsaturated/α-hetero) is 1. The van der Waals surface area contributed by atoms with Gasteiger partial charge in [-0.1, -0.05) is 0 Å². The normalized spacial score (nSPS) is 15.0. The first-order chi connectivity index (χ1) is 14.6. The number of nitrogens with zero attached hydrogens (tertiary/aromatic N) is 2. The van der Waals surface area contributed by atoms with E-state index in [0.29, 0.717) is 25.9 Å². The van der Waals surface area contributed by atoms with Crippen molar-refractivity contribution in [2.75, 3.05) is 20.2 Å². The van der Waals surface area contributed by atoms with Gasteiger partial charge >= 0.3 is 12.1 Å². The van der Waals surface area contributed by atoms with Gasteiger partial charge in [0.15, 0.2) is 11.6 Å². The van der Waals surface area contributed by atoms with Gasteiger partial charge in [-0.2, -0.15) is 0 Å². The molecule has 9 heteroatoms. The monoisotopic (exact) mass is 429 g/mol. The smallest absolute Gasteiger partial charge is 0.410 e. The van der Waals surface area contributed by atoms with Crippen LogP contribution in [0.4, 0.5) is 4.79 Å². The number of fused-ring (bicyclic) bond motifs is 1. The third kappa shape index (κ3) is 5.48. The highest BCUT2D eigenvalue weighted by Gasteiger charge is 2.28. The van der Waals surface area contributed by atoms with Crippen LogP contribution in [0.1, 0.15) is 61.0 Å². The number of piperidine rings is 1. The van der Waals surface area contributed by atoms with Gasteiger partial charge in [-0.25, -0.2) is 14.6 Å². The lowest BCUT2D eigenvalue weighted by Crippen LogP contribution is -2.42. The molecule has 1 aromatic carbocycles. The fraction of sp³-hybridized carbons (Fsp3) is 0.500. The predicted octanol–water partition coefficient (Wildman–Crippen LogP) is 2.93. The van der Waals surface area contributed by atoms with Crippen LogP contribution in [0.5, 0.6) is 0 Å². The van der Waals surface area contributed by atoms with Gasteiger partial charge in [0.05, 0.1) is 23.6 Å². The van der Waals surface area contributed by atoms with Crippen LogP contribution in [0, 0.1) is 5.92 Å². The highest BCUT2D eigenvalue weighted by Crippen LogP contribution is 2.23. The average Bonchev–Trinajstić information content (AvgIpc) is 2.71. The minimum Gasteiger partial charge on any atom is -0.465 e.